The van der Waals surface area contributed by atoms with Gasteiger partial charge in [0.05, 0.1) is 17.4 Å². The second-order valence-electron chi connectivity index (χ2n) is 6.48. The molecular formula is C17H17Cl2F2N3O2. The van der Waals surface area contributed by atoms with Crippen LogP contribution in [0.2, 0.25) is 5.02 Å². The van der Waals surface area contributed by atoms with Gasteiger partial charge in [-0.3, -0.25) is 10.2 Å². The summed E-state index contributed by atoms with van der Waals surface area (Å²) in [5, 5.41) is 7.86. The van der Waals surface area contributed by atoms with Crippen LogP contribution in [0.25, 0.3) is 0 Å². The van der Waals surface area contributed by atoms with Crippen LogP contribution in [0.15, 0.2) is 24.4 Å². The zero-order chi connectivity index (χ0) is 19.2. The molecule has 3 atom stereocenters. The number of aromatic nitrogens is 1. The van der Waals surface area contributed by atoms with Crippen molar-refractivity contribution in [2.45, 2.75) is 32.4 Å². The van der Waals surface area contributed by atoms with E-state index in [2.05, 4.69) is 4.98 Å². The summed E-state index contributed by atoms with van der Waals surface area (Å²) < 4.78 is 29.4. The molecule has 0 bridgehead atoms. The second-order valence-corrected chi connectivity index (χ2v) is 7.29. The van der Waals surface area contributed by atoms with Crippen molar-refractivity contribution in [3.05, 3.63) is 35.0 Å². The molecule has 1 aromatic heterocycles. The molecule has 1 N–H and O–H groups in total. The quantitative estimate of drug-likeness (QED) is 0.575. The highest BCUT2D eigenvalue weighted by Crippen LogP contribution is 2.55. The van der Waals surface area contributed by atoms with E-state index in [9.17, 15) is 13.6 Å². The number of carbonyl (C=O) groups excluding carboxylic acids is 1. The van der Waals surface area contributed by atoms with E-state index >= 15 is 0 Å². The van der Waals surface area contributed by atoms with Crippen LogP contribution in [0.3, 0.4) is 0 Å². The van der Waals surface area contributed by atoms with Crippen LogP contribution in [0.4, 0.5) is 8.78 Å². The predicted octanol–water partition coefficient (Wildman–Crippen LogP) is 4.06. The first kappa shape index (κ1) is 19.0. The number of alkyl halides is 2. The van der Waals surface area contributed by atoms with Crippen LogP contribution < -0.4 is 4.74 Å². The van der Waals surface area contributed by atoms with Gasteiger partial charge in [0.15, 0.2) is 6.61 Å². The zero-order valence-electron chi connectivity index (χ0n) is 14.0. The smallest absolute Gasteiger partial charge is 0.272 e. The van der Waals surface area contributed by atoms with Crippen molar-refractivity contribution >= 4 is 34.3 Å². The Morgan fingerprint density at radius 1 is 1.50 bits per heavy atom. The van der Waals surface area contributed by atoms with Gasteiger partial charge < -0.3 is 9.64 Å². The van der Waals surface area contributed by atoms with E-state index in [0.717, 1.165) is 0 Å². The van der Waals surface area contributed by atoms with E-state index in [1.54, 1.807) is 23.1 Å². The van der Waals surface area contributed by atoms with Crippen molar-refractivity contribution in [1.29, 1.82) is 5.41 Å². The fourth-order valence-electron chi connectivity index (χ4n) is 3.57. The summed E-state index contributed by atoms with van der Waals surface area (Å²) in [5.41, 5.74) is -0.165. The van der Waals surface area contributed by atoms with E-state index < -0.39 is 24.4 Å². The largest absolute Gasteiger partial charge is 0.471 e. The maximum Gasteiger partial charge on any atom is 0.272 e. The van der Waals surface area contributed by atoms with Crippen LogP contribution in [0.1, 0.15) is 25.5 Å². The minimum Gasteiger partial charge on any atom is -0.471 e. The van der Waals surface area contributed by atoms with E-state index in [1.165, 1.54) is 6.20 Å². The second kappa shape index (κ2) is 6.78. The average Bonchev–Trinajstić information content (AvgIpc) is 3.30. The molecule has 9 heteroatoms. The standard InChI is InChI=1S/C17H17Cl2F2N3O2/c1-8(10-5-11(18)15(23-6-10)26-7-12(20)21)24-9(2)13(14(19)22)17(3-4-17)16(24)25/h3-6,8-9,12-13,22H,7H2,1-2H3. The Hall–Kier alpha value is -1.73. The maximum atomic E-state index is 12.9. The first-order valence-electron chi connectivity index (χ1n) is 8.02. The van der Waals surface area contributed by atoms with E-state index in [4.69, 9.17) is 33.3 Å². The molecule has 3 unspecified atom stereocenters. The molecule has 26 heavy (non-hydrogen) atoms. The van der Waals surface area contributed by atoms with Crippen LogP contribution >= 0.6 is 23.2 Å². The van der Waals surface area contributed by atoms with Gasteiger partial charge in [-0.25, -0.2) is 13.8 Å². The van der Waals surface area contributed by atoms with Crippen molar-refractivity contribution < 1.29 is 18.3 Å². The van der Waals surface area contributed by atoms with Gasteiger partial charge in [0, 0.05) is 12.2 Å². The number of amides is 1. The number of halogens is 4. The van der Waals surface area contributed by atoms with E-state index in [-0.39, 0.29) is 34.1 Å². The summed E-state index contributed by atoms with van der Waals surface area (Å²) in [7, 11) is 0. The normalized spacial score (nSPS) is 24.4. The molecular weight excluding hydrogens is 387 g/mol. The maximum absolute atomic E-state index is 12.9. The molecule has 3 rings (SSSR count). The third-order valence-corrected chi connectivity index (χ3v) is 5.42. The molecule has 2 heterocycles. The Morgan fingerprint density at radius 3 is 2.62 bits per heavy atom. The highest BCUT2D eigenvalue weighted by molar-refractivity contribution is 6.65. The van der Waals surface area contributed by atoms with Gasteiger partial charge in [0.25, 0.3) is 6.43 Å². The lowest BCUT2D eigenvalue weighted by atomic mass is 9.87. The molecule has 140 valence electrons. The lowest BCUT2D eigenvalue weighted by molar-refractivity contribution is -0.134. The number of nitrogens with zero attached hydrogens (tertiary/aromatic N) is 2. The number of nitrogens with one attached hydrogen (secondary N) is 1. The molecule has 1 aromatic rings. The van der Waals surface area contributed by atoms with Gasteiger partial charge in [-0.05, 0) is 25.5 Å². The molecule has 5 nitrogen and oxygen atoms in total. The van der Waals surface area contributed by atoms with Crippen LogP contribution in [0.5, 0.6) is 5.88 Å². The van der Waals surface area contributed by atoms with Gasteiger partial charge in [-0.2, -0.15) is 0 Å². The first-order chi connectivity index (χ1) is 12.2. The third kappa shape index (κ3) is 3.07. The number of ether oxygens (including phenoxy) is 1. The van der Waals surface area contributed by atoms with Crippen LogP contribution in [-0.4, -0.2) is 40.0 Å². The molecule has 0 radical (unpaired) electrons. The third-order valence-electron chi connectivity index (χ3n) is 4.91. The van der Waals surface area contributed by atoms with Crippen molar-refractivity contribution in [1.82, 2.24) is 9.88 Å². The van der Waals surface area contributed by atoms with E-state index in [1.807, 2.05) is 13.8 Å². The molecule has 1 saturated heterocycles. The van der Waals surface area contributed by atoms with Crippen molar-refractivity contribution in [2.75, 3.05) is 6.61 Å². The zero-order valence-corrected chi connectivity index (χ0v) is 15.6. The molecule has 1 aliphatic carbocycles. The fraction of sp³-hybridized carbons (Fsp3) is 0.471. The molecule has 2 aliphatic rings. The number of likely N-dealkylation sites (tertiary alicyclic amines) is 1. The minimum absolute atomic E-state index is 0.0579. The lowest BCUT2D eigenvalue weighted by Gasteiger charge is -2.30. The highest BCUT2D eigenvalue weighted by Gasteiger charge is 2.62. The lowest BCUT2D eigenvalue weighted by Crippen LogP contribution is -2.36. The predicted molar refractivity (Wildman–Crippen MR) is 94.1 cm³/mol. The van der Waals surface area contributed by atoms with Gasteiger partial charge >= 0.3 is 0 Å². The van der Waals surface area contributed by atoms with Crippen molar-refractivity contribution in [2.24, 2.45) is 11.3 Å². The topological polar surface area (TPSA) is 66.3 Å². The Morgan fingerprint density at radius 2 is 2.15 bits per heavy atom. The summed E-state index contributed by atoms with van der Waals surface area (Å²) in [6.45, 7) is 2.87. The molecule has 1 aliphatic heterocycles. The average molecular weight is 404 g/mol. The van der Waals surface area contributed by atoms with Gasteiger partial charge in [-0.1, -0.05) is 35.4 Å². The Bertz CT molecular complexity index is 781. The summed E-state index contributed by atoms with van der Waals surface area (Å²) in [6.07, 6.45) is 2.36. The monoisotopic (exact) mass is 403 g/mol. The molecule has 1 spiro atoms. The van der Waals surface area contributed by atoms with Gasteiger partial charge in [0.2, 0.25) is 11.8 Å². The summed E-state index contributed by atoms with van der Waals surface area (Å²) in [6, 6.07) is 0.879. The van der Waals surface area contributed by atoms with Gasteiger partial charge in [0.1, 0.15) is 10.2 Å². The Balaban J connectivity index is 1.83. The van der Waals surface area contributed by atoms with E-state index in [0.29, 0.717) is 5.56 Å². The van der Waals surface area contributed by atoms with Crippen molar-refractivity contribution in [3.8, 4) is 5.88 Å². The molecule has 0 aromatic carbocycles. The minimum atomic E-state index is -2.63. The summed E-state index contributed by atoms with van der Waals surface area (Å²) in [4.78, 5) is 18.6. The molecule has 1 amide bonds. The number of hydrogen-bond acceptors (Lipinski definition) is 4. The highest BCUT2D eigenvalue weighted by atomic mass is 35.5. The first-order valence-corrected chi connectivity index (χ1v) is 8.78. The van der Waals surface area contributed by atoms with Crippen molar-refractivity contribution in [3.63, 3.8) is 0 Å². The molecule has 0 saturated carbocycles. The number of hydrogen-bond donors (Lipinski definition) is 1. The van der Waals surface area contributed by atoms with Gasteiger partial charge in [-0.15, -0.1) is 0 Å². The fourth-order valence-corrected chi connectivity index (χ4v) is 4.16. The Kier molecular flexibility index (Phi) is 4.96. The number of carbonyl (C=O) groups is 1. The number of rotatable bonds is 6. The summed E-state index contributed by atoms with van der Waals surface area (Å²) >= 11 is 12.0. The van der Waals surface area contributed by atoms with Crippen LogP contribution in [0, 0.1) is 16.7 Å². The molecule has 1 fully saturated rings. The SMILES string of the molecule is CC(c1cnc(OCC(F)F)c(Cl)c1)N1C(=O)C2(C=C2)C(C(=N)Cl)C1C. The number of pyridine rings is 1. The van der Waals surface area contributed by atoms with Crippen LogP contribution in [-0.2, 0) is 4.79 Å². The summed E-state index contributed by atoms with van der Waals surface area (Å²) in [5.74, 6) is -0.622. The Labute approximate surface area is 159 Å².